The molecule has 3 rings (SSSR count). The highest BCUT2D eigenvalue weighted by Gasteiger charge is 2.11. The normalized spacial score (nSPS) is 10.4. The Bertz CT molecular complexity index is 1070. The van der Waals surface area contributed by atoms with Crippen LogP contribution in [-0.4, -0.2) is 23.6 Å². The molecule has 7 heteroatoms. The third kappa shape index (κ3) is 4.32. The van der Waals surface area contributed by atoms with Crippen LogP contribution in [0.1, 0.15) is 26.3 Å². The number of benzene rings is 2. The Balaban J connectivity index is 1.78. The Hall–Kier alpha value is -3.74. The predicted octanol–water partition coefficient (Wildman–Crippen LogP) is 3.07. The summed E-state index contributed by atoms with van der Waals surface area (Å²) in [6.45, 7) is 0.0143. The fraction of sp³-hybridized carbons (Fsp3) is 0.0952. The topological polar surface area (TPSA) is 77.4 Å². The van der Waals surface area contributed by atoms with Gasteiger partial charge in [-0.2, -0.15) is 0 Å². The van der Waals surface area contributed by atoms with Crippen molar-refractivity contribution in [2.45, 2.75) is 6.54 Å². The Labute approximate surface area is 160 Å². The number of methoxy groups -OCH3 is 1. The van der Waals surface area contributed by atoms with Crippen LogP contribution in [0.15, 0.2) is 71.7 Å². The molecule has 142 valence electrons. The first-order valence-corrected chi connectivity index (χ1v) is 8.41. The predicted molar refractivity (Wildman–Crippen MR) is 102 cm³/mol. The molecule has 28 heavy (non-hydrogen) atoms. The lowest BCUT2D eigenvalue weighted by molar-refractivity contribution is 0.0600. The summed E-state index contributed by atoms with van der Waals surface area (Å²) in [5.74, 6) is -1.33. The molecule has 0 unspecified atom stereocenters. The first-order chi connectivity index (χ1) is 13.5. The van der Waals surface area contributed by atoms with Crippen LogP contribution in [0.25, 0.3) is 0 Å². The average molecular weight is 380 g/mol. The largest absolute Gasteiger partial charge is 0.465 e. The third-order valence-electron chi connectivity index (χ3n) is 4.11. The van der Waals surface area contributed by atoms with E-state index in [9.17, 15) is 18.8 Å². The van der Waals surface area contributed by atoms with E-state index in [4.69, 9.17) is 0 Å². The van der Waals surface area contributed by atoms with E-state index < -0.39 is 17.7 Å². The summed E-state index contributed by atoms with van der Waals surface area (Å²) >= 11 is 0. The van der Waals surface area contributed by atoms with Crippen LogP contribution in [0.3, 0.4) is 0 Å². The minimum Gasteiger partial charge on any atom is -0.465 e. The number of aromatic nitrogens is 1. The fourth-order valence-electron chi connectivity index (χ4n) is 2.61. The summed E-state index contributed by atoms with van der Waals surface area (Å²) in [5, 5.41) is 2.68. The molecule has 0 atom stereocenters. The lowest BCUT2D eigenvalue weighted by Crippen LogP contribution is -2.23. The zero-order valence-corrected chi connectivity index (χ0v) is 15.0. The van der Waals surface area contributed by atoms with E-state index >= 15 is 0 Å². The molecule has 1 aromatic heterocycles. The number of carbonyl (C=O) groups is 2. The van der Waals surface area contributed by atoms with Gasteiger partial charge in [0.15, 0.2) is 0 Å². The van der Waals surface area contributed by atoms with Gasteiger partial charge in [-0.25, -0.2) is 9.18 Å². The smallest absolute Gasteiger partial charge is 0.337 e. The first-order valence-electron chi connectivity index (χ1n) is 8.41. The van der Waals surface area contributed by atoms with E-state index in [1.54, 1.807) is 30.3 Å². The molecule has 0 saturated carbocycles. The summed E-state index contributed by atoms with van der Waals surface area (Å²) in [4.78, 5) is 36.0. The van der Waals surface area contributed by atoms with E-state index in [0.29, 0.717) is 16.8 Å². The van der Waals surface area contributed by atoms with Crippen molar-refractivity contribution < 1.29 is 18.7 Å². The fourth-order valence-corrected chi connectivity index (χ4v) is 2.61. The second kappa shape index (κ2) is 8.30. The molecule has 0 spiro atoms. The summed E-state index contributed by atoms with van der Waals surface area (Å²) in [6.07, 6.45) is 1.38. The number of nitrogens with zero attached hydrogens (tertiary/aromatic N) is 1. The Morgan fingerprint density at radius 3 is 2.36 bits per heavy atom. The van der Waals surface area contributed by atoms with Gasteiger partial charge in [-0.05, 0) is 36.4 Å². The summed E-state index contributed by atoms with van der Waals surface area (Å²) in [6, 6.07) is 15.0. The van der Waals surface area contributed by atoms with Crippen LogP contribution in [0.5, 0.6) is 0 Å². The number of rotatable bonds is 5. The number of pyridine rings is 1. The SMILES string of the molecule is COC(=O)c1ccc(NC(=O)c2ccc(=O)n(Cc3ccccc3F)c2)cc1. The summed E-state index contributed by atoms with van der Waals surface area (Å²) < 4.78 is 19.7. The Kier molecular flexibility index (Phi) is 5.64. The highest BCUT2D eigenvalue weighted by atomic mass is 19.1. The molecule has 0 aliphatic carbocycles. The number of hydrogen-bond acceptors (Lipinski definition) is 4. The average Bonchev–Trinajstić information content (AvgIpc) is 2.71. The molecule has 0 aliphatic heterocycles. The number of halogens is 1. The molecule has 0 bridgehead atoms. The van der Waals surface area contributed by atoms with Gasteiger partial charge in [0.1, 0.15) is 5.82 Å². The number of esters is 1. The Morgan fingerprint density at radius 2 is 1.68 bits per heavy atom. The van der Waals surface area contributed by atoms with E-state index in [1.165, 1.54) is 48.2 Å². The second-order valence-corrected chi connectivity index (χ2v) is 6.00. The molecule has 0 fully saturated rings. The maximum Gasteiger partial charge on any atom is 0.337 e. The number of anilines is 1. The second-order valence-electron chi connectivity index (χ2n) is 6.00. The van der Waals surface area contributed by atoms with Gasteiger partial charge in [-0.15, -0.1) is 0 Å². The molecule has 0 saturated heterocycles. The molecule has 1 N–H and O–H groups in total. The standard InChI is InChI=1S/C21H17FN2O4/c1-28-21(27)14-6-9-17(10-7-14)23-20(26)16-8-11-19(25)24(13-16)12-15-4-2-3-5-18(15)22/h2-11,13H,12H2,1H3,(H,23,26). The van der Waals surface area contributed by atoms with E-state index in [0.717, 1.165) is 0 Å². The van der Waals surface area contributed by atoms with Gasteiger partial charge < -0.3 is 14.6 Å². The summed E-state index contributed by atoms with van der Waals surface area (Å²) in [5.41, 5.74) is 1.08. The zero-order chi connectivity index (χ0) is 20.1. The molecule has 6 nitrogen and oxygen atoms in total. The van der Waals surface area contributed by atoms with Crippen LogP contribution in [-0.2, 0) is 11.3 Å². The van der Waals surface area contributed by atoms with Crippen LogP contribution < -0.4 is 10.9 Å². The molecular weight excluding hydrogens is 363 g/mol. The van der Waals surface area contributed by atoms with Crippen LogP contribution >= 0.6 is 0 Å². The van der Waals surface area contributed by atoms with Crippen molar-refractivity contribution in [1.82, 2.24) is 4.57 Å². The van der Waals surface area contributed by atoms with Gasteiger partial charge in [-0.1, -0.05) is 18.2 Å². The molecule has 1 amide bonds. The molecule has 1 heterocycles. The van der Waals surface area contributed by atoms with Gasteiger partial charge in [0.25, 0.3) is 11.5 Å². The van der Waals surface area contributed by atoms with E-state index in [-0.39, 0.29) is 17.7 Å². The highest BCUT2D eigenvalue weighted by Crippen LogP contribution is 2.13. The molecular formula is C21H17FN2O4. The lowest BCUT2D eigenvalue weighted by atomic mass is 10.2. The van der Waals surface area contributed by atoms with Crippen LogP contribution in [0.4, 0.5) is 10.1 Å². The van der Waals surface area contributed by atoms with Gasteiger partial charge >= 0.3 is 5.97 Å². The number of ether oxygens (including phenoxy) is 1. The highest BCUT2D eigenvalue weighted by molar-refractivity contribution is 6.04. The minimum absolute atomic E-state index is 0.0143. The summed E-state index contributed by atoms with van der Waals surface area (Å²) in [7, 11) is 1.29. The number of amides is 1. The van der Waals surface area contributed by atoms with Gasteiger partial charge in [-0.3, -0.25) is 9.59 Å². The van der Waals surface area contributed by atoms with Crippen molar-refractivity contribution in [3.63, 3.8) is 0 Å². The van der Waals surface area contributed by atoms with Crippen molar-refractivity contribution in [3.05, 3.63) is 99.7 Å². The number of nitrogens with one attached hydrogen (secondary N) is 1. The lowest BCUT2D eigenvalue weighted by Gasteiger charge is -2.10. The minimum atomic E-state index is -0.474. The van der Waals surface area contributed by atoms with Gasteiger partial charge in [0.2, 0.25) is 0 Å². The van der Waals surface area contributed by atoms with Crippen molar-refractivity contribution in [2.75, 3.05) is 12.4 Å². The molecule has 3 aromatic rings. The van der Waals surface area contributed by atoms with Crippen molar-refractivity contribution in [1.29, 1.82) is 0 Å². The number of carbonyl (C=O) groups excluding carboxylic acids is 2. The zero-order valence-electron chi connectivity index (χ0n) is 15.0. The van der Waals surface area contributed by atoms with Gasteiger partial charge in [0.05, 0.1) is 24.8 Å². The molecule has 0 aliphatic rings. The van der Waals surface area contributed by atoms with Crippen molar-refractivity contribution in [3.8, 4) is 0 Å². The van der Waals surface area contributed by atoms with Gasteiger partial charge in [0, 0.05) is 23.5 Å². The quantitative estimate of drug-likeness (QED) is 0.690. The van der Waals surface area contributed by atoms with Crippen molar-refractivity contribution in [2.24, 2.45) is 0 Å². The van der Waals surface area contributed by atoms with Crippen LogP contribution in [0.2, 0.25) is 0 Å². The maximum atomic E-state index is 13.8. The van der Waals surface area contributed by atoms with Crippen LogP contribution in [0, 0.1) is 5.82 Å². The first kappa shape index (κ1) is 19.0. The molecule has 2 aromatic carbocycles. The van der Waals surface area contributed by atoms with E-state index in [1.807, 2.05) is 0 Å². The maximum absolute atomic E-state index is 13.8. The monoisotopic (exact) mass is 380 g/mol. The van der Waals surface area contributed by atoms with E-state index in [2.05, 4.69) is 10.1 Å². The third-order valence-corrected chi connectivity index (χ3v) is 4.11. The van der Waals surface area contributed by atoms with Crippen molar-refractivity contribution >= 4 is 17.6 Å². The molecule has 0 radical (unpaired) electrons. The Morgan fingerprint density at radius 1 is 1.00 bits per heavy atom. The number of hydrogen-bond donors (Lipinski definition) is 1.